The summed E-state index contributed by atoms with van der Waals surface area (Å²) in [6.07, 6.45) is 2.96. The summed E-state index contributed by atoms with van der Waals surface area (Å²) in [6, 6.07) is 10.5. The molecule has 0 fully saturated rings. The van der Waals surface area contributed by atoms with Crippen LogP contribution in [0.4, 0.5) is 0 Å². The standard InChI is InChI=1S/C13H16N2S/c1-11-9-15-13(16-11)7-8-14-10-12-5-3-2-4-6-12/h2-6,9,14H,7-8,10H2,1H3. The second kappa shape index (κ2) is 5.77. The maximum absolute atomic E-state index is 4.34. The Morgan fingerprint density at radius 3 is 2.75 bits per heavy atom. The molecule has 0 atom stereocenters. The molecule has 2 nitrogen and oxygen atoms in total. The van der Waals surface area contributed by atoms with Gasteiger partial charge in [0.05, 0.1) is 5.01 Å². The van der Waals surface area contributed by atoms with E-state index < -0.39 is 0 Å². The zero-order chi connectivity index (χ0) is 11.2. The van der Waals surface area contributed by atoms with Crippen molar-refractivity contribution in [2.45, 2.75) is 19.9 Å². The fraction of sp³-hybridized carbons (Fsp3) is 0.308. The molecule has 84 valence electrons. The van der Waals surface area contributed by atoms with Crippen LogP contribution in [0.15, 0.2) is 36.5 Å². The molecule has 0 radical (unpaired) electrons. The maximum atomic E-state index is 4.34. The Labute approximate surface area is 100 Å². The Morgan fingerprint density at radius 1 is 1.25 bits per heavy atom. The first kappa shape index (κ1) is 11.3. The van der Waals surface area contributed by atoms with Crippen LogP contribution in [0.25, 0.3) is 0 Å². The van der Waals surface area contributed by atoms with Crippen molar-refractivity contribution in [2.24, 2.45) is 0 Å². The van der Waals surface area contributed by atoms with Crippen molar-refractivity contribution in [3.63, 3.8) is 0 Å². The van der Waals surface area contributed by atoms with Crippen LogP contribution < -0.4 is 5.32 Å². The van der Waals surface area contributed by atoms with Crippen LogP contribution >= 0.6 is 11.3 Å². The van der Waals surface area contributed by atoms with Gasteiger partial charge in [0, 0.05) is 30.6 Å². The number of thiazole rings is 1. The molecular weight excluding hydrogens is 216 g/mol. The van der Waals surface area contributed by atoms with Crippen molar-refractivity contribution in [1.82, 2.24) is 10.3 Å². The van der Waals surface area contributed by atoms with Gasteiger partial charge in [-0.3, -0.25) is 0 Å². The van der Waals surface area contributed by atoms with E-state index in [2.05, 4.69) is 41.5 Å². The molecule has 0 unspecified atom stereocenters. The Kier molecular flexibility index (Phi) is 4.08. The highest BCUT2D eigenvalue weighted by Gasteiger charge is 1.97. The van der Waals surface area contributed by atoms with Crippen molar-refractivity contribution in [1.29, 1.82) is 0 Å². The van der Waals surface area contributed by atoms with Crippen LogP contribution in [0.2, 0.25) is 0 Å². The van der Waals surface area contributed by atoms with Crippen molar-refractivity contribution < 1.29 is 0 Å². The topological polar surface area (TPSA) is 24.9 Å². The lowest BCUT2D eigenvalue weighted by molar-refractivity contribution is 0.685. The first-order valence-electron chi connectivity index (χ1n) is 5.50. The summed E-state index contributed by atoms with van der Waals surface area (Å²) < 4.78 is 0. The van der Waals surface area contributed by atoms with Gasteiger partial charge in [-0.2, -0.15) is 0 Å². The van der Waals surface area contributed by atoms with Gasteiger partial charge in [-0.05, 0) is 12.5 Å². The monoisotopic (exact) mass is 232 g/mol. The molecule has 0 spiro atoms. The van der Waals surface area contributed by atoms with E-state index in [-0.39, 0.29) is 0 Å². The first-order chi connectivity index (χ1) is 7.84. The molecule has 0 aliphatic carbocycles. The summed E-state index contributed by atoms with van der Waals surface area (Å²) in [5, 5.41) is 4.65. The number of nitrogens with one attached hydrogen (secondary N) is 1. The van der Waals surface area contributed by atoms with Gasteiger partial charge in [0.25, 0.3) is 0 Å². The highest BCUT2D eigenvalue weighted by molar-refractivity contribution is 7.11. The lowest BCUT2D eigenvalue weighted by Gasteiger charge is -2.02. The number of benzene rings is 1. The fourth-order valence-electron chi connectivity index (χ4n) is 1.54. The molecule has 2 rings (SSSR count). The first-order valence-corrected chi connectivity index (χ1v) is 6.32. The smallest absolute Gasteiger partial charge is 0.0940 e. The molecule has 1 aromatic heterocycles. The predicted molar refractivity (Wildman–Crippen MR) is 68.7 cm³/mol. The van der Waals surface area contributed by atoms with Gasteiger partial charge in [-0.1, -0.05) is 30.3 Å². The number of rotatable bonds is 5. The van der Waals surface area contributed by atoms with Gasteiger partial charge in [-0.15, -0.1) is 11.3 Å². The van der Waals surface area contributed by atoms with Crippen LogP contribution in [-0.2, 0) is 13.0 Å². The zero-order valence-corrected chi connectivity index (χ0v) is 10.3. The molecule has 16 heavy (non-hydrogen) atoms. The zero-order valence-electron chi connectivity index (χ0n) is 9.44. The normalized spacial score (nSPS) is 10.6. The van der Waals surface area contributed by atoms with Crippen LogP contribution in [-0.4, -0.2) is 11.5 Å². The van der Waals surface area contributed by atoms with Crippen LogP contribution in [0.3, 0.4) is 0 Å². The lowest BCUT2D eigenvalue weighted by Crippen LogP contribution is -2.16. The van der Waals surface area contributed by atoms with E-state index in [4.69, 9.17) is 0 Å². The van der Waals surface area contributed by atoms with E-state index in [1.165, 1.54) is 15.4 Å². The van der Waals surface area contributed by atoms with Gasteiger partial charge in [-0.25, -0.2) is 4.98 Å². The quantitative estimate of drug-likeness (QED) is 0.802. The van der Waals surface area contributed by atoms with Crippen LogP contribution in [0.1, 0.15) is 15.4 Å². The summed E-state index contributed by atoms with van der Waals surface area (Å²) in [5.74, 6) is 0. The Hall–Kier alpha value is -1.19. The molecular formula is C13H16N2S. The molecule has 1 heterocycles. The second-order valence-electron chi connectivity index (χ2n) is 3.78. The molecule has 0 aliphatic rings. The second-order valence-corrected chi connectivity index (χ2v) is 5.10. The minimum atomic E-state index is 0.936. The number of hydrogen-bond acceptors (Lipinski definition) is 3. The minimum Gasteiger partial charge on any atom is -0.312 e. The molecule has 0 saturated heterocycles. The highest BCUT2D eigenvalue weighted by atomic mass is 32.1. The summed E-state index contributed by atoms with van der Waals surface area (Å²) >= 11 is 1.78. The molecule has 1 aromatic carbocycles. The third-order valence-electron chi connectivity index (χ3n) is 2.36. The van der Waals surface area contributed by atoms with Crippen molar-refractivity contribution in [2.75, 3.05) is 6.54 Å². The van der Waals surface area contributed by atoms with Crippen molar-refractivity contribution >= 4 is 11.3 Å². The molecule has 0 amide bonds. The van der Waals surface area contributed by atoms with Gasteiger partial charge >= 0.3 is 0 Å². The number of hydrogen-bond donors (Lipinski definition) is 1. The van der Waals surface area contributed by atoms with E-state index in [1.807, 2.05) is 12.3 Å². The third-order valence-corrected chi connectivity index (χ3v) is 3.33. The number of aromatic nitrogens is 1. The summed E-state index contributed by atoms with van der Waals surface area (Å²) in [7, 11) is 0. The number of nitrogens with zero attached hydrogens (tertiary/aromatic N) is 1. The molecule has 0 saturated carbocycles. The van der Waals surface area contributed by atoms with E-state index >= 15 is 0 Å². The third kappa shape index (κ3) is 3.43. The summed E-state index contributed by atoms with van der Waals surface area (Å²) in [6.45, 7) is 4.02. The molecule has 2 aromatic rings. The van der Waals surface area contributed by atoms with Gasteiger partial charge in [0.1, 0.15) is 0 Å². The SMILES string of the molecule is Cc1cnc(CCNCc2ccccc2)s1. The Balaban J connectivity index is 1.69. The van der Waals surface area contributed by atoms with Crippen LogP contribution in [0, 0.1) is 6.92 Å². The van der Waals surface area contributed by atoms with Gasteiger partial charge in [0.15, 0.2) is 0 Å². The predicted octanol–water partition coefficient (Wildman–Crippen LogP) is 2.78. The summed E-state index contributed by atoms with van der Waals surface area (Å²) in [5.41, 5.74) is 1.33. The van der Waals surface area contributed by atoms with E-state index in [0.29, 0.717) is 0 Å². The Morgan fingerprint density at radius 2 is 2.06 bits per heavy atom. The average molecular weight is 232 g/mol. The van der Waals surface area contributed by atoms with Crippen molar-refractivity contribution in [3.8, 4) is 0 Å². The van der Waals surface area contributed by atoms with Crippen LogP contribution in [0.5, 0.6) is 0 Å². The maximum Gasteiger partial charge on any atom is 0.0940 e. The highest BCUT2D eigenvalue weighted by Crippen LogP contribution is 2.10. The average Bonchev–Trinajstić information content (AvgIpc) is 2.72. The number of aryl methyl sites for hydroxylation is 1. The fourth-order valence-corrected chi connectivity index (χ4v) is 2.33. The Bertz CT molecular complexity index is 423. The van der Waals surface area contributed by atoms with E-state index in [1.54, 1.807) is 11.3 Å². The minimum absolute atomic E-state index is 0.936. The van der Waals surface area contributed by atoms with E-state index in [9.17, 15) is 0 Å². The molecule has 1 N–H and O–H groups in total. The molecule has 0 aliphatic heterocycles. The van der Waals surface area contributed by atoms with E-state index in [0.717, 1.165) is 19.5 Å². The largest absolute Gasteiger partial charge is 0.312 e. The van der Waals surface area contributed by atoms with Crippen molar-refractivity contribution in [3.05, 3.63) is 52.0 Å². The molecule has 3 heteroatoms. The molecule has 0 bridgehead atoms. The van der Waals surface area contributed by atoms with Gasteiger partial charge < -0.3 is 5.32 Å². The summed E-state index contributed by atoms with van der Waals surface area (Å²) in [4.78, 5) is 5.63. The lowest BCUT2D eigenvalue weighted by atomic mass is 10.2. The van der Waals surface area contributed by atoms with Gasteiger partial charge in [0.2, 0.25) is 0 Å².